The monoisotopic (exact) mass is 395 g/mol. The SMILES string of the molecule is CCCCCCCOC(=O)c1ccc2c(c1)C(=O)N(c1ccc(OC)cc1)C2=O. The first-order valence-corrected chi connectivity index (χ1v) is 9.90. The number of fused-ring (bicyclic) bond motifs is 1. The smallest absolute Gasteiger partial charge is 0.338 e. The number of amides is 2. The van der Waals surface area contributed by atoms with E-state index in [0.717, 1.165) is 30.6 Å². The lowest BCUT2D eigenvalue weighted by molar-refractivity contribution is 0.0497. The number of rotatable bonds is 9. The van der Waals surface area contributed by atoms with Crippen LogP contribution in [-0.2, 0) is 4.74 Å². The molecular formula is C23H25NO5. The fraction of sp³-hybridized carbons (Fsp3) is 0.348. The zero-order chi connectivity index (χ0) is 20.8. The summed E-state index contributed by atoms with van der Waals surface area (Å²) in [5.41, 5.74) is 1.22. The fourth-order valence-corrected chi connectivity index (χ4v) is 3.29. The molecule has 0 N–H and O–H groups in total. The number of esters is 1. The molecule has 0 fully saturated rings. The van der Waals surface area contributed by atoms with Gasteiger partial charge in [-0.15, -0.1) is 0 Å². The molecule has 0 saturated carbocycles. The van der Waals surface area contributed by atoms with Gasteiger partial charge in [-0.05, 0) is 48.9 Å². The van der Waals surface area contributed by atoms with Crippen molar-refractivity contribution in [2.24, 2.45) is 0 Å². The molecule has 3 rings (SSSR count). The van der Waals surface area contributed by atoms with Gasteiger partial charge < -0.3 is 9.47 Å². The van der Waals surface area contributed by atoms with Crippen LogP contribution in [0, 0.1) is 0 Å². The van der Waals surface area contributed by atoms with Gasteiger partial charge in [-0.25, -0.2) is 9.69 Å². The van der Waals surface area contributed by atoms with Crippen molar-refractivity contribution in [1.29, 1.82) is 0 Å². The Morgan fingerprint density at radius 2 is 1.59 bits per heavy atom. The minimum absolute atomic E-state index is 0.211. The molecule has 2 aromatic carbocycles. The van der Waals surface area contributed by atoms with Crippen molar-refractivity contribution in [2.45, 2.75) is 39.0 Å². The molecule has 0 radical (unpaired) electrons. The minimum Gasteiger partial charge on any atom is -0.497 e. The predicted octanol–water partition coefficient (Wildman–Crippen LogP) is 4.62. The van der Waals surface area contributed by atoms with E-state index >= 15 is 0 Å². The Balaban J connectivity index is 1.69. The Hall–Kier alpha value is -3.15. The number of ether oxygens (including phenoxy) is 2. The van der Waals surface area contributed by atoms with Crippen molar-refractivity contribution in [1.82, 2.24) is 0 Å². The second-order valence-electron chi connectivity index (χ2n) is 6.95. The molecule has 0 atom stereocenters. The van der Waals surface area contributed by atoms with Crippen molar-refractivity contribution < 1.29 is 23.9 Å². The fourth-order valence-electron chi connectivity index (χ4n) is 3.29. The number of methoxy groups -OCH3 is 1. The van der Waals surface area contributed by atoms with E-state index < -0.39 is 17.8 Å². The first-order valence-electron chi connectivity index (χ1n) is 9.90. The van der Waals surface area contributed by atoms with E-state index in [1.54, 1.807) is 31.4 Å². The predicted molar refractivity (Wildman–Crippen MR) is 110 cm³/mol. The number of hydrogen-bond acceptors (Lipinski definition) is 5. The Kier molecular flexibility index (Phi) is 6.65. The molecule has 0 unspecified atom stereocenters. The van der Waals surface area contributed by atoms with E-state index in [1.165, 1.54) is 24.6 Å². The first-order chi connectivity index (χ1) is 14.1. The molecule has 6 heteroatoms. The Labute approximate surface area is 170 Å². The van der Waals surface area contributed by atoms with Gasteiger partial charge in [0.15, 0.2) is 0 Å². The standard InChI is InChI=1S/C23H25NO5/c1-3-4-5-6-7-14-29-23(27)16-8-13-19-20(15-16)22(26)24(21(19)25)17-9-11-18(28-2)12-10-17/h8-13,15H,3-7,14H2,1-2H3. The van der Waals surface area contributed by atoms with Gasteiger partial charge in [0.2, 0.25) is 0 Å². The molecule has 1 heterocycles. The highest BCUT2D eigenvalue weighted by Gasteiger charge is 2.37. The lowest BCUT2D eigenvalue weighted by atomic mass is 10.1. The third-order valence-electron chi connectivity index (χ3n) is 4.93. The molecule has 0 aromatic heterocycles. The van der Waals surface area contributed by atoms with E-state index in [4.69, 9.17) is 9.47 Å². The summed E-state index contributed by atoms with van der Waals surface area (Å²) in [6.45, 7) is 2.50. The maximum Gasteiger partial charge on any atom is 0.338 e. The maximum absolute atomic E-state index is 12.8. The second kappa shape index (κ2) is 9.37. The Morgan fingerprint density at radius 1 is 0.897 bits per heavy atom. The number of carbonyl (C=O) groups excluding carboxylic acids is 3. The van der Waals surface area contributed by atoms with E-state index in [0.29, 0.717) is 18.0 Å². The summed E-state index contributed by atoms with van der Waals surface area (Å²) in [4.78, 5) is 38.9. The number of benzene rings is 2. The van der Waals surface area contributed by atoms with E-state index in [-0.39, 0.29) is 16.7 Å². The summed E-state index contributed by atoms with van der Waals surface area (Å²) in [6, 6.07) is 11.1. The largest absolute Gasteiger partial charge is 0.497 e. The van der Waals surface area contributed by atoms with Gasteiger partial charge >= 0.3 is 5.97 Å². The maximum atomic E-state index is 12.8. The van der Waals surface area contributed by atoms with Crippen LogP contribution in [0.5, 0.6) is 5.75 Å². The van der Waals surface area contributed by atoms with Crippen molar-refractivity contribution in [2.75, 3.05) is 18.6 Å². The first kappa shape index (κ1) is 20.6. The highest BCUT2D eigenvalue weighted by atomic mass is 16.5. The zero-order valence-corrected chi connectivity index (χ0v) is 16.8. The normalized spacial score (nSPS) is 12.8. The molecule has 1 aliphatic heterocycles. The van der Waals surface area contributed by atoms with Crippen LogP contribution < -0.4 is 9.64 Å². The highest BCUT2D eigenvalue weighted by Crippen LogP contribution is 2.30. The van der Waals surface area contributed by atoms with Crippen LogP contribution in [0.1, 0.15) is 70.1 Å². The minimum atomic E-state index is -0.480. The van der Waals surface area contributed by atoms with Crippen LogP contribution in [0.2, 0.25) is 0 Å². The molecule has 152 valence electrons. The molecule has 1 aliphatic rings. The van der Waals surface area contributed by atoms with Crippen molar-refractivity contribution in [3.05, 3.63) is 59.2 Å². The van der Waals surface area contributed by atoms with Crippen LogP contribution in [0.4, 0.5) is 5.69 Å². The molecule has 29 heavy (non-hydrogen) atoms. The molecule has 6 nitrogen and oxygen atoms in total. The second-order valence-corrected chi connectivity index (χ2v) is 6.95. The summed E-state index contributed by atoms with van der Waals surface area (Å²) >= 11 is 0. The number of imide groups is 1. The van der Waals surface area contributed by atoms with Crippen LogP contribution in [-0.4, -0.2) is 31.5 Å². The summed E-state index contributed by atoms with van der Waals surface area (Å²) < 4.78 is 10.4. The molecule has 2 aromatic rings. The summed E-state index contributed by atoms with van der Waals surface area (Å²) in [7, 11) is 1.54. The van der Waals surface area contributed by atoms with E-state index in [9.17, 15) is 14.4 Å². The van der Waals surface area contributed by atoms with Crippen LogP contribution in [0.3, 0.4) is 0 Å². The van der Waals surface area contributed by atoms with Gasteiger partial charge in [0, 0.05) is 0 Å². The van der Waals surface area contributed by atoms with Crippen LogP contribution in [0.25, 0.3) is 0 Å². The quantitative estimate of drug-likeness (QED) is 0.352. The lowest BCUT2D eigenvalue weighted by Gasteiger charge is -2.14. The molecular weight excluding hydrogens is 370 g/mol. The van der Waals surface area contributed by atoms with Crippen LogP contribution >= 0.6 is 0 Å². The average Bonchev–Trinajstić information content (AvgIpc) is 3.00. The van der Waals surface area contributed by atoms with Gasteiger partial charge in [0.1, 0.15) is 5.75 Å². The van der Waals surface area contributed by atoms with Gasteiger partial charge in [-0.2, -0.15) is 0 Å². The van der Waals surface area contributed by atoms with E-state index in [1.807, 2.05) is 0 Å². The number of carbonyl (C=O) groups is 3. The molecule has 0 bridgehead atoms. The lowest BCUT2D eigenvalue weighted by Crippen LogP contribution is -2.29. The third kappa shape index (κ3) is 4.47. The number of anilines is 1. The number of unbranched alkanes of at least 4 members (excludes halogenated alkanes) is 4. The van der Waals surface area contributed by atoms with Gasteiger partial charge in [0.05, 0.1) is 36.1 Å². The molecule has 0 saturated heterocycles. The molecule has 0 aliphatic carbocycles. The Morgan fingerprint density at radius 3 is 2.28 bits per heavy atom. The topological polar surface area (TPSA) is 72.9 Å². The summed E-state index contributed by atoms with van der Waals surface area (Å²) in [5, 5.41) is 0. The van der Waals surface area contributed by atoms with Crippen molar-refractivity contribution in [3.63, 3.8) is 0 Å². The summed E-state index contributed by atoms with van der Waals surface area (Å²) in [6.07, 6.45) is 5.31. The van der Waals surface area contributed by atoms with Gasteiger partial charge in [0.25, 0.3) is 11.8 Å². The summed E-state index contributed by atoms with van der Waals surface area (Å²) in [5.74, 6) is -0.716. The Bertz CT molecular complexity index is 904. The zero-order valence-electron chi connectivity index (χ0n) is 16.8. The number of nitrogens with zero attached hydrogens (tertiary/aromatic N) is 1. The third-order valence-corrected chi connectivity index (χ3v) is 4.93. The van der Waals surface area contributed by atoms with Gasteiger partial charge in [-0.3, -0.25) is 9.59 Å². The van der Waals surface area contributed by atoms with Crippen LogP contribution in [0.15, 0.2) is 42.5 Å². The van der Waals surface area contributed by atoms with E-state index in [2.05, 4.69) is 6.92 Å². The van der Waals surface area contributed by atoms with Crippen molar-refractivity contribution in [3.8, 4) is 5.75 Å². The van der Waals surface area contributed by atoms with Gasteiger partial charge in [-0.1, -0.05) is 32.6 Å². The molecule has 2 amide bonds. The van der Waals surface area contributed by atoms with Crippen molar-refractivity contribution >= 4 is 23.5 Å². The average molecular weight is 395 g/mol. The number of hydrogen-bond donors (Lipinski definition) is 0. The molecule has 0 spiro atoms. The highest BCUT2D eigenvalue weighted by molar-refractivity contribution is 6.34.